The summed E-state index contributed by atoms with van der Waals surface area (Å²) in [7, 11) is -0.810. The molecule has 0 aliphatic heterocycles. The Labute approximate surface area is 120 Å². The summed E-state index contributed by atoms with van der Waals surface area (Å²) < 4.78 is 11.2. The highest BCUT2D eigenvalue weighted by Gasteiger charge is 2.14. The lowest BCUT2D eigenvalue weighted by atomic mass is 9.88. The summed E-state index contributed by atoms with van der Waals surface area (Å²) in [6.07, 6.45) is 4.91. The second kappa shape index (κ2) is 10.4. The zero-order valence-corrected chi connectivity index (χ0v) is 13.6. The molecule has 114 valence electrons. The van der Waals surface area contributed by atoms with Crippen LogP contribution in [0.3, 0.4) is 0 Å². The van der Waals surface area contributed by atoms with Gasteiger partial charge >= 0.3 is 0 Å². The van der Waals surface area contributed by atoms with E-state index in [1.165, 1.54) is 0 Å². The van der Waals surface area contributed by atoms with Crippen LogP contribution < -0.4 is 11.1 Å². The maximum Gasteiger partial charge on any atom is 0.220 e. The summed E-state index contributed by atoms with van der Waals surface area (Å²) in [4.78, 5) is 11.7. The van der Waals surface area contributed by atoms with Crippen LogP contribution in [0.2, 0.25) is 0 Å². The van der Waals surface area contributed by atoms with Crippen LogP contribution in [-0.4, -0.2) is 34.7 Å². The van der Waals surface area contributed by atoms with Crippen molar-refractivity contribution in [1.82, 2.24) is 5.32 Å². The summed E-state index contributed by atoms with van der Waals surface area (Å²) in [5.74, 6) is 1.19. The van der Waals surface area contributed by atoms with Gasteiger partial charge in [0.2, 0.25) is 5.91 Å². The zero-order chi connectivity index (χ0) is 14.8. The molecule has 0 saturated carbocycles. The number of carbonyl (C=O) groups excluding carboxylic acids is 1. The van der Waals surface area contributed by atoms with Crippen LogP contribution in [-0.2, 0) is 15.6 Å². The van der Waals surface area contributed by atoms with Crippen LogP contribution in [0, 0.1) is 11.8 Å². The lowest BCUT2D eigenvalue weighted by Crippen LogP contribution is -2.28. The van der Waals surface area contributed by atoms with Gasteiger partial charge in [0, 0.05) is 35.3 Å². The van der Waals surface area contributed by atoms with E-state index in [2.05, 4.69) is 19.2 Å². The van der Waals surface area contributed by atoms with Crippen molar-refractivity contribution in [2.45, 2.75) is 51.7 Å². The second-order valence-electron chi connectivity index (χ2n) is 5.57. The summed E-state index contributed by atoms with van der Waals surface area (Å²) >= 11 is 0. The van der Waals surface area contributed by atoms with Crippen LogP contribution in [0.4, 0.5) is 0 Å². The van der Waals surface area contributed by atoms with Crippen molar-refractivity contribution >= 4 is 16.7 Å². The molecule has 3 N–H and O–H groups in total. The molecule has 0 aliphatic rings. The molecule has 4 nitrogen and oxygen atoms in total. The van der Waals surface area contributed by atoms with Gasteiger partial charge in [0.1, 0.15) is 0 Å². The van der Waals surface area contributed by atoms with E-state index in [9.17, 15) is 9.00 Å². The number of nitrogens with two attached hydrogens (primary N) is 1. The first-order valence-corrected chi connectivity index (χ1v) is 8.79. The topological polar surface area (TPSA) is 72.2 Å². The molecular formula is C14H30N2O2S. The van der Waals surface area contributed by atoms with Crippen molar-refractivity contribution in [1.29, 1.82) is 0 Å². The Hall–Kier alpha value is -0.420. The van der Waals surface area contributed by atoms with Crippen LogP contribution in [0.25, 0.3) is 0 Å². The third-order valence-corrected chi connectivity index (χ3v) is 5.03. The third kappa shape index (κ3) is 9.16. The molecule has 0 spiro atoms. The first-order chi connectivity index (χ1) is 8.88. The Morgan fingerprint density at radius 3 is 2.32 bits per heavy atom. The molecule has 0 aromatic carbocycles. The lowest BCUT2D eigenvalue weighted by Gasteiger charge is -2.19. The molecule has 0 bridgehead atoms. The van der Waals surface area contributed by atoms with Crippen molar-refractivity contribution in [3.63, 3.8) is 0 Å². The molecule has 0 heterocycles. The minimum absolute atomic E-state index is 0.0942. The van der Waals surface area contributed by atoms with Crippen LogP contribution in [0.15, 0.2) is 0 Å². The van der Waals surface area contributed by atoms with Crippen molar-refractivity contribution in [3.8, 4) is 0 Å². The number of amides is 1. The van der Waals surface area contributed by atoms with Gasteiger partial charge in [0.05, 0.1) is 0 Å². The first-order valence-electron chi connectivity index (χ1n) is 7.17. The van der Waals surface area contributed by atoms with Crippen molar-refractivity contribution in [3.05, 3.63) is 0 Å². The van der Waals surface area contributed by atoms with Crippen LogP contribution in [0.1, 0.15) is 46.5 Å². The molecule has 19 heavy (non-hydrogen) atoms. The SMILES string of the molecule is CC(C)C(CCN)CCC(=O)NCCC(C)S(C)=O. The second-order valence-corrected chi connectivity index (χ2v) is 7.37. The molecule has 1 amide bonds. The number of nitrogens with one attached hydrogen (secondary N) is 1. The third-order valence-electron chi connectivity index (χ3n) is 3.66. The summed E-state index contributed by atoms with van der Waals surface area (Å²) in [5, 5.41) is 3.04. The van der Waals surface area contributed by atoms with Gasteiger partial charge in [-0.3, -0.25) is 9.00 Å². The Balaban J connectivity index is 3.82. The van der Waals surface area contributed by atoms with Gasteiger partial charge in [-0.1, -0.05) is 20.8 Å². The molecule has 0 radical (unpaired) electrons. The van der Waals surface area contributed by atoms with Crippen LogP contribution >= 0.6 is 0 Å². The van der Waals surface area contributed by atoms with E-state index in [1.807, 2.05) is 6.92 Å². The van der Waals surface area contributed by atoms with Gasteiger partial charge in [-0.2, -0.15) is 0 Å². The molecule has 0 aliphatic carbocycles. The standard InChI is InChI=1S/C14H30N2O2S/c1-11(2)13(7-9-15)5-6-14(17)16-10-8-12(3)19(4)18/h11-13H,5-10,15H2,1-4H3,(H,16,17). The number of hydrogen-bond acceptors (Lipinski definition) is 3. The number of carbonyl (C=O) groups is 1. The van der Waals surface area contributed by atoms with Crippen molar-refractivity contribution in [2.75, 3.05) is 19.3 Å². The molecule has 0 rings (SSSR count). The molecular weight excluding hydrogens is 260 g/mol. The van der Waals surface area contributed by atoms with Crippen LogP contribution in [0.5, 0.6) is 0 Å². The highest BCUT2D eigenvalue weighted by atomic mass is 32.2. The van der Waals surface area contributed by atoms with E-state index in [1.54, 1.807) is 6.26 Å². The quantitative estimate of drug-likeness (QED) is 0.643. The summed E-state index contributed by atoms with van der Waals surface area (Å²) in [6.45, 7) is 7.60. The smallest absolute Gasteiger partial charge is 0.220 e. The Bertz CT molecular complexity index is 283. The van der Waals surface area contributed by atoms with Gasteiger partial charge in [-0.15, -0.1) is 0 Å². The Morgan fingerprint density at radius 2 is 1.84 bits per heavy atom. The summed E-state index contributed by atoms with van der Waals surface area (Å²) in [6, 6.07) is 0. The number of rotatable bonds is 10. The van der Waals surface area contributed by atoms with Gasteiger partial charge in [-0.05, 0) is 37.6 Å². The van der Waals surface area contributed by atoms with Crippen molar-refractivity contribution < 1.29 is 9.00 Å². The van der Waals surface area contributed by atoms with Crippen molar-refractivity contribution in [2.24, 2.45) is 17.6 Å². The van der Waals surface area contributed by atoms with Gasteiger partial charge in [0.25, 0.3) is 0 Å². The average Bonchev–Trinajstić information content (AvgIpc) is 2.33. The minimum atomic E-state index is -0.810. The molecule has 0 saturated heterocycles. The molecule has 0 fully saturated rings. The monoisotopic (exact) mass is 290 g/mol. The highest BCUT2D eigenvalue weighted by Crippen LogP contribution is 2.20. The summed E-state index contributed by atoms with van der Waals surface area (Å²) in [5.41, 5.74) is 5.59. The zero-order valence-electron chi connectivity index (χ0n) is 12.8. The predicted octanol–water partition coefficient (Wildman–Crippen LogP) is 1.66. The normalized spacial score (nSPS) is 16.1. The fourth-order valence-electron chi connectivity index (χ4n) is 2.01. The van der Waals surface area contributed by atoms with E-state index in [-0.39, 0.29) is 11.2 Å². The molecule has 3 atom stereocenters. The van der Waals surface area contributed by atoms with Gasteiger partial charge < -0.3 is 11.1 Å². The first kappa shape index (κ1) is 18.6. The predicted molar refractivity (Wildman–Crippen MR) is 82.4 cm³/mol. The maximum absolute atomic E-state index is 11.7. The maximum atomic E-state index is 11.7. The van der Waals surface area contributed by atoms with E-state index in [0.717, 1.165) is 19.3 Å². The molecule has 3 unspecified atom stereocenters. The fraction of sp³-hybridized carbons (Fsp3) is 0.929. The van der Waals surface area contributed by atoms with E-state index in [4.69, 9.17) is 5.73 Å². The largest absolute Gasteiger partial charge is 0.356 e. The van der Waals surface area contributed by atoms with E-state index in [0.29, 0.717) is 31.3 Å². The Kier molecular flexibility index (Phi) is 10.1. The van der Waals surface area contributed by atoms with E-state index >= 15 is 0 Å². The molecule has 5 heteroatoms. The number of hydrogen-bond donors (Lipinski definition) is 2. The minimum Gasteiger partial charge on any atom is -0.356 e. The van der Waals surface area contributed by atoms with Gasteiger partial charge in [-0.25, -0.2) is 0 Å². The lowest BCUT2D eigenvalue weighted by molar-refractivity contribution is -0.121. The molecule has 0 aromatic rings. The average molecular weight is 290 g/mol. The highest BCUT2D eigenvalue weighted by molar-refractivity contribution is 7.84. The molecule has 0 aromatic heterocycles. The Morgan fingerprint density at radius 1 is 1.21 bits per heavy atom. The van der Waals surface area contributed by atoms with Gasteiger partial charge in [0.15, 0.2) is 0 Å². The fourth-order valence-corrected chi connectivity index (χ4v) is 2.46. The van der Waals surface area contributed by atoms with E-state index < -0.39 is 10.8 Å².